The van der Waals surface area contributed by atoms with Crippen LogP contribution in [0.25, 0.3) is 0 Å². The minimum Gasteiger partial charge on any atom is -0.374 e. The van der Waals surface area contributed by atoms with Crippen molar-refractivity contribution >= 4 is 39.8 Å². The number of halogens is 2. The van der Waals surface area contributed by atoms with Crippen LogP contribution in [0.3, 0.4) is 0 Å². The van der Waals surface area contributed by atoms with Crippen molar-refractivity contribution in [1.82, 2.24) is 10.6 Å². The lowest BCUT2D eigenvalue weighted by atomic mass is 10.1. The van der Waals surface area contributed by atoms with Crippen LogP contribution in [0.2, 0.25) is 0 Å². The molecule has 0 amide bonds. The lowest BCUT2D eigenvalue weighted by Gasteiger charge is -2.14. The smallest absolute Gasteiger partial charge is 0.191 e. The van der Waals surface area contributed by atoms with Gasteiger partial charge < -0.3 is 15.4 Å². The first kappa shape index (κ1) is 27.3. The van der Waals surface area contributed by atoms with Crippen molar-refractivity contribution in [3.8, 4) is 0 Å². The molecule has 2 N–H and O–H groups in total. The fourth-order valence-electron chi connectivity index (χ4n) is 2.79. The molecule has 1 unspecified atom stereocenters. The maximum atomic E-state index is 13.7. The van der Waals surface area contributed by atoms with Gasteiger partial charge in [0.25, 0.3) is 0 Å². The Bertz CT molecular complexity index is 911. The Hall–Kier alpha value is -1.72. The number of aliphatic imine (C=N–C) groups is 1. The number of rotatable bonds is 11. The van der Waals surface area contributed by atoms with Crippen LogP contribution in [0.5, 0.6) is 0 Å². The van der Waals surface area contributed by atoms with E-state index in [-0.39, 0.29) is 47.3 Å². The Balaban J connectivity index is 0.00000480. The Morgan fingerprint density at radius 3 is 2.45 bits per heavy atom. The molecule has 9 heteroatoms. The van der Waals surface area contributed by atoms with E-state index < -0.39 is 15.7 Å². The summed E-state index contributed by atoms with van der Waals surface area (Å²) in [6, 6.07) is 15.4. The van der Waals surface area contributed by atoms with Gasteiger partial charge in [0.15, 0.2) is 15.8 Å². The van der Waals surface area contributed by atoms with Gasteiger partial charge in [-0.2, -0.15) is 0 Å². The summed E-state index contributed by atoms with van der Waals surface area (Å²) in [5, 5.41) is 6.06. The lowest BCUT2D eigenvalue weighted by Crippen LogP contribution is -2.39. The highest BCUT2D eigenvalue weighted by molar-refractivity contribution is 14.0. The maximum absolute atomic E-state index is 13.7. The summed E-state index contributed by atoms with van der Waals surface area (Å²) < 4.78 is 44.2. The highest BCUT2D eigenvalue weighted by Crippen LogP contribution is 2.16. The van der Waals surface area contributed by atoms with Gasteiger partial charge in [0.05, 0.1) is 11.9 Å². The molecule has 0 spiro atoms. The van der Waals surface area contributed by atoms with Crippen LogP contribution in [0, 0.1) is 5.82 Å². The van der Waals surface area contributed by atoms with Crippen LogP contribution in [0.1, 0.15) is 31.9 Å². The zero-order chi connectivity index (χ0) is 21.8. The van der Waals surface area contributed by atoms with Gasteiger partial charge in [0.2, 0.25) is 0 Å². The van der Waals surface area contributed by atoms with Crippen molar-refractivity contribution in [3.63, 3.8) is 0 Å². The summed E-state index contributed by atoms with van der Waals surface area (Å²) in [4.78, 5) is 4.16. The molecule has 2 rings (SSSR count). The molecule has 2 aromatic carbocycles. The molecule has 0 radical (unpaired) electrons. The van der Waals surface area contributed by atoms with E-state index in [1.54, 1.807) is 0 Å². The summed E-state index contributed by atoms with van der Waals surface area (Å²) in [6.07, 6.45) is 0.756. The average molecular weight is 563 g/mol. The minimum atomic E-state index is -3.71. The molecule has 31 heavy (non-hydrogen) atoms. The van der Waals surface area contributed by atoms with E-state index in [4.69, 9.17) is 4.74 Å². The Kier molecular flexibility index (Phi) is 12.7. The Morgan fingerprint density at radius 1 is 1.10 bits per heavy atom. The van der Waals surface area contributed by atoms with Crippen molar-refractivity contribution in [2.45, 2.75) is 31.3 Å². The summed E-state index contributed by atoms with van der Waals surface area (Å²) in [5.41, 5.74) is 1.13. The summed E-state index contributed by atoms with van der Waals surface area (Å²) in [6.45, 7) is 5.83. The van der Waals surface area contributed by atoms with Gasteiger partial charge in [0, 0.05) is 26.2 Å². The molecule has 0 aliphatic carbocycles. The Morgan fingerprint density at radius 2 is 1.77 bits per heavy atom. The molecule has 172 valence electrons. The van der Waals surface area contributed by atoms with Gasteiger partial charge in [-0.25, -0.2) is 12.8 Å². The number of sulfone groups is 1. The molecule has 0 heterocycles. The highest BCUT2D eigenvalue weighted by atomic mass is 127. The van der Waals surface area contributed by atoms with E-state index in [1.807, 2.05) is 44.2 Å². The molecule has 1 atom stereocenters. The van der Waals surface area contributed by atoms with E-state index in [0.29, 0.717) is 25.7 Å². The van der Waals surface area contributed by atoms with Crippen LogP contribution in [-0.2, 0) is 14.6 Å². The molecule has 0 aromatic heterocycles. The molecule has 0 fully saturated rings. The zero-order valence-corrected chi connectivity index (χ0v) is 21.0. The van der Waals surface area contributed by atoms with E-state index >= 15 is 0 Å². The summed E-state index contributed by atoms with van der Waals surface area (Å²) in [5.74, 6) is -0.434. The van der Waals surface area contributed by atoms with Gasteiger partial charge in [-0.15, -0.1) is 24.0 Å². The first-order valence-electron chi connectivity index (χ1n) is 10.1. The molecule has 0 bridgehead atoms. The number of ether oxygens (including phenoxy) is 1. The number of nitrogens with one attached hydrogen (secondary N) is 2. The van der Waals surface area contributed by atoms with Gasteiger partial charge >= 0.3 is 0 Å². The number of benzene rings is 2. The fourth-order valence-corrected chi connectivity index (χ4v) is 4.03. The highest BCUT2D eigenvalue weighted by Gasteiger charge is 2.18. The standard InChI is InChI=1S/C22H30FN3O3S.HI/c1-3-24-22(25-14-9-16-29-18(2)19-10-5-4-6-11-19)26-15-17-30(27,28)21-13-8-7-12-20(21)23;/h4-8,10-13,18H,3,9,14-17H2,1-2H3,(H2,24,25,26);1H. The second-order valence-electron chi connectivity index (χ2n) is 6.71. The van der Waals surface area contributed by atoms with Crippen LogP contribution >= 0.6 is 24.0 Å². The van der Waals surface area contributed by atoms with E-state index in [9.17, 15) is 12.8 Å². The molecule has 0 aliphatic rings. The van der Waals surface area contributed by atoms with Gasteiger partial charge in [-0.05, 0) is 38.0 Å². The van der Waals surface area contributed by atoms with Crippen LogP contribution in [0.15, 0.2) is 64.5 Å². The predicted octanol–water partition coefficient (Wildman–Crippen LogP) is 3.94. The average Bonchev–Trinajstić information content (AvgIpc) is 2.74. The molecular formula is C22H31FIN3O3S. The number of hydrogen-bond donors (Lipinski definition) is 2. The first-order valence-corrected chi connectivity index (χ1v) is 11.7. The van der Waals surface area contributed by atoms with Gasteiger partial charge in [-0.3, -0.25) is 4.99 Å². The zero-order valence-electron chi connectivity index (χ0n) is 17.9. The monoisotopic (exact) mass is 563 g/mol. The number of guanidine groups is 1. The molecule has 0 saturated carbocycles. The van der Waals surface area contributed by atoms with Crippen molar-refractivity contribution < 1.29 is 17.5 Å². The molecule has 0 aliphatic heterocycles. The van der Waals surface area contributed by atoms with Crippen molar-refractivity contribution in [2.75, 3.05) is 32.0 Å². The van der Waals surface area contributed by atoms with Gasteiger partial charge in [0.1, 0.15) is 10.7 Å². The maximum Gasteiger partial charge on any atom is 0.191 e. The third kappa shape index (κ3) is 9.53. The quantitative estimate of drug-likeness (QED) is 0.188. The number of nitrogens with zero attached hydrogens (tertiary/aromatic N) is 1. The van der Waals surface area contributed by atoms with Crippen LogP contribution < -0.4 is 10.6 Å². The number of hydrogen-bond acceptors (Lipinski definition) is 4. The molecule has 2 aromatic rings. The third-order valence-electron chi connectivity index (χ3n) is 4.39. The molecular weight excluding hydrogens is 532 g/mol. The third-order valence-corrected chi connectivity index (χ3v) is 6.13. The van der Waals surface area contributed by atoms with Crippen LogP contribution in [-0.4, -0.2) is 46.4 Å². The van der Waals surface area contributed by atoms with Crippen molar-refractivity contribution in [3.05, 3.63) is 66.0 Å². The molecule has 0 saturated heterocycles. The lowest BCUT2D eigenvalue weighted by molar-refractivity contribution is 0.0652. The SMILES string of the molecule is CCNC(=NCCCOC(C)c1ccccc1)NCCS(=O)(=O)c1ccccc1F.I. The second kappa shape index (κ2) is 14.4. The Labute approximate surface area is 201 Å². The summed E-state index contributed by atoms with van der Waals surface area (Å²) >= 11 is 0. The fraction of sp³-hybridized carbons (Fsp3) is 0.409. The second-order valence-corrected chi connectivity index (χ2v) is 8.79. The largest absolute Gasteiger partial charge is 0.374 e. The van der Waals surface area contributed by atoms with E-state index in [2.05, 4.69) is 15.6 Å². The van der Waals surface area contributed by atoms with Crippen molar-refractivity contribution in [1.29, 1.82) is 0 Å². The van der Waals surface area contributed by atoms with E-state index in [1.165, 1.54) is 18.2 Å². The van der Waals surface area contributed by atoms with E-state index in [0.717, 1.165) is 18.1 Å². The summed E-state index contributed by atoms with van der Waals surface area (Å²) in [7, 11) is -3.71. The predicted molar refractivity (Wildman–Crippen MR) is 133 cm³/mol. The first-order chi connectivity index (χ1) is 14.4. The molecule has 6 nitrogen and oxygen atoms in total. The van der Waals surface area contributed by atoms with Gasteiger partial charge in [-0.1, -0.05) is 42.5 Å². The van der Waals surface area contributed by atoms with Crippen LogP contribution in [0.4, 0.5) is 4.39 Å². The normalized spacial score (nSPS) is 12.7. The van der Waals surface area contributed by atoms with Crippen molar-refractivity contribution in [2.24, 2.45) is 4.99 Å². The minimum absolute atomic E-state index is 0. The topological polar surface area (TPSA) is 79.8 Å².